The minimum absolute atomic E-state index is 0.338. The molecule has 0 heterocycles. The maximum atomic E-state index is 10.6. The molecule has 1 rings (SSSR count). The Morgan fingerprint density at radius 2 is 2.27 bits per heavy atom. The number of rotatable bonds is 2. The second-order valence-electron chi connectivity index (χ2n) is 2.63. The van der Waals surface area contributed by atoms with Crippen LogP contribution in [0.3, 0.4) is 0 Å². The van der Waals surface area contributed by atoms with Crippen molar-refractivity contribution in [3.8, 4) is 17.6 Å². The van der Waals surface area contributed by atoms with Crippen LogP contribution in [0.2, 0.25) is 0 Å². The first-order chi connectivity index (χ1) is 7.17. The molecule has 0 aliphatic rings. The van der Waals surface area contributed by atoms with Crippen LogP contribution in [0.4, 0.5) is 0 Å². The summed E-state index contributed by atoms with van der Waals surface area (Å²) in [5.74, 6) is 3.60. The highest BCUT2D eigenvalue weighted by atomic mass is 16.5. The molecule has 0 aliphatic carbocycles. The number of hydrogen-bond acceptors (Lipinski definition) is 3. The first-order valence-electron chi connectivity index (χ1n) is 4.05. The Morgan fingerprint density at radius 1 is 1.53 bits per heavy atom. The van der Waals surface area contributed by atoms with Crippen molar-refractivity contribution in [1.82, 2.24) is 0 Å². The Kier molecular flexibility index (Phi) is 3.47. The standard InChI is InChI=1S/C11H8O4/c1-15-10-4-2-9(7-12)8(6-10)3-5-11(13)14/h2,4,6-7H,1H3,(H,13,14). The van der Waals surface area contributed by atoms with E-state index in [-0.39, 0.29) is 0 Å². The van der Waals surface area contributed by atoms with Gasteiger partial charge in [0.15, 0.2) is 6.29 Å². The number of carboxylic acid groups (broad SMARTS) is 1. The minimum Gasteiger partial charge on any atom is -0.497 e. The van der Waals surface area contributed by atoms with Crippen molar-refractivity contribution >= 4 is 12.3 Å². The van der Waals surface area contributed by atoms with Crippen molar-refractivity contribution in [3.05, 3.63) is 29.3 Å². The summed E-state index contributed by atoms with van der Waals surface area (Å²) in [5.41, 5.74) is 0.677. The minimum atomic E-state index is -1.24. The van der Waals surface area contributed by atoms with E-state index in [1.807, 2.05) is 5.92 Å². The van der Waals surface area contributed by atoms with Crippen LogP contribution in [0, 0.1) is 11.8 Å². The monoisotopic (exact) mass is 204 g/mol. The van der Waals surface area contributed by atoms with Crippen LogP contribution in [0.25, 0.3) is 0 Å². The van der Waals surface area contributed by atoms with Gasteiger partial charge in [-0.2, -0.15) is 0 Å². The Bertz CT molecular complexity index is 451. The van der Waals surface area contributed by atoms with Gasteiger partial charge in [-0.05, 0) is 18.2 Å². The van der Waals surface area contributed by atoms with Crippen LogP contribution in [-0.2, 0) is 4.79 Å². The highest BCUT2D eigenvalue weighted by Gasteiger charge is 2.01. The van der Waals surface area contributed by atoms with Gasteiger partial charge in [-0.1, -0.05) is 5.92 Å². The lowest BCUT2D eigenvalue weighted by molar-refractivity contribution is -0.130. The van der Waals surface area contributed by atoms with E-state index in [2.05, 4.69) is 5.92 Å². The summed E-state index contributed by atoms with van der Waals surface area (Å²) < 4.78 is 4.93. The van der Waals surface area contributed by atoms with E-state index in [0.29, 0.717) is 23.2 Å². The average molecular weight is 204 g/mol. The third-order valence-corrected chi connectivity index (χ3v) is 1.69. The molecule has 0 atom stereocenters. The van der Waals surface area contributed by atoms with Crippen molar-refractivity contribution in [2.45, 2.75) is 0 Å². The van der Waals surface area contributed by atoms with Gasteiger partial charge >= 0.3 is 5.97 Å². The zero-order valence-electron chi connectivity index (χ0n) is 7.98. The molecule has 0 bridgehead atoms. The van der Waals surface area contributed by atoms with E-state index in [1.54, 1.807) is 6.07 Å². The Hall–Kier alpha value is -2.28. The normalized spacial score (nSPS) is 8.60. The smallest absolute Gasteiger partial charge is 0.382 e. The van der Waals surface area contributed by atoms with Crippen LogP contribution >= 0.6 is 0 Å². The van der Waals surface area contributed by atoms with Gasteiger partial charge in [0.2, 0.25) is 0 Å². The molecule has 0 unspecified atom stereocenters. The fraction of sp³-hybridized carbons (Fsp3) is 0.0909. The largest absolute Gasteiger partial charge is 0.497 e. The summed E-state index contributed by atoms with van der Waals surface area (Å²) in [4.78, 5) is 20.8. The Morgan fingerprint density at radius 3 is 2.80 bits per heavy atom. The Balaban J connectivity index is 3.19. The third kappa shape index (κ3) is 2.85. The first-order valence-corrected chi connectivity index (χ1v) is 4.05. The van der Waals surface area contributed by atoms with E-state index in [0.717, 1.165) is 0 Å². The fourth-order valence-corrected chi connectivity index (χ4v) is 0.994. The quantitative estimate of drug-likeness (QED) is 0.575. The molecule has 0 saturated heterocycles. The first kappa shape index (κ1) is 10.8. The van der Waals surface area contributed by atoms with Gasteiger partial charge in [0, 0.05) is 17.0 Å². The highest BCUT2D eigenvalue weighted by Crippen LogP contribution is 2.15. The molecular formula is C11H8O4. The molecule has 0 amide bonds. The summed E-state index contributed by atoms with van der Waals surface area (Å²) in [6, 6.07) is 4.65. The van der Waals surface area contributed by atoms with Crippen LogP contribution in [0.1, 0.15) is 15.9 Å². The summed E-state index contributed by atoms with van der Waals surface area (Å²) >= 11 is 0. The molecule has 0 aromatic heterocycles. The molecule has 0 fully saturated rings. The van der Waals surface area contributed by atoms with E-state index in [4.69, 9.17) is 9.84 Å². The summed E-state index contributed by atoms with van der Waals surface area (Å²) in [5, 5.41) is 8.37. The zero-order valence-corrected chi connectivity index (χ0v) is 7.98. The summed E-state index contributed by atoms with van der Waals surface area (Å²) in [7, 11) is 1.48. The molecule has 4 heteroatoms. The maximum Gasteiger partial charge on any atom is 0.382 e. The molecule has 0 saturated carbocycles. The van der Waals surface area contributed by atoms with E-state index >= 15 is 0 Å². The van der Waals surface area contributed by atoms with Crippen LogP contribution in [0.15, 0.2) is 18.2 Å². The van der Waals surface area contributed by atoms with Gasteiger partial charge in [0.1, 0.15) is 5.75 Å². The number of ether oxygens (including phenoxy) is 1. The number of carbonyl (C=O) groups excluding carboxylic acids is 1. The number of carboxylic acids is 1. The lowest BCUT2D eigenvalue weighted by Gasteiger charge is -2.01. The number of hydrogen-bond donors (Lipinski definition) is 1. The molecule has 1 aromatic carbocycles. The molecular weight excluding hydrogens is 196 g/mol. The third-order valence-electron chi connectivity index (χ3n) is 1.69. The number of methoxy groups -OCH3 is 1. The molecule has 1 N–H and O–H groups in total. The SMILES string of the molecule is COc1ccc(C=O)c(C#CC(=O)O)c1. The van der Waals surface area contributed by atoms with Crippen LogP contribution in [-0.4, -0.2) is 24.5 Å². The van der Waals surface area contributed by atoms with Crippen LogP contribution < -0.4 is 4.74 Å². The predicted octanol–water partition coefficient (Wildman–Crippen LogP) is 0.944. The van der Waals surface area contributed by atoms with Crippen molar-refractivity contribution in [3.63, 3.8) is 0 Å². The number of benzene rings is 1. The summed E-state index contributed by atoms with van der Waals surface area (Å²) in [6.07, 6.45) is 0.616. The predicted molar refractivity (Wildman–Crippen MR) is 52.9 cm³/mol. The molecule has 0 aliphatic heterocycles. The van der Waals surface area contributed by atoms with Crippen LogP contribution in [0.5, 0.6) is 5.75 Å². The van der Waals surface area contributed by atoms with E-state index in [9.17, 15) is 9.59 Å². The van der Waals surface area contributed by atoms with Gasteiger partial charge < -0.3 is 9.84 Å². The maximum absolute atomic E-state index is 10.6. The second-order valence-corrected chi connectivity index (χ2v) is 2.63. The van der Waals surface area contributed by atoms with Gasteiger partial charge in [-0.3, -0.25) is 4.79 Å². The summed E-state index contributed by atoms with van der Waals surface area (Å²) in [6.45, 7) is 0. The lowest BCUT2D eigenvalue weighted by atomic mass is 10.1. The van der Waals surface area contributed by atoms with E-state index < -0.39 is 5.97 Å². The topological polar surface area (TPSA) is 63.6 Å². The number of aldehydes is 1. The van der Waals surface area contributed by atoms with Gasteiger partial charge in [0.05, 0.1) is 7.11 Å². The fourth-order valence-electron chi connectivity index (χ4n) is 0.994. The highest BCUT2D eigenvalue weighted by molar-refractivity contribution is 5.88. The second kappa shape index (κ2) is 4.82. The molecule has 76 valence electrons. The van der Waals surface area contributed by atoms with Crippen molar-refractivity contribution < 1.29 is 19.4 Å². The van der Waals surface area contributed by atoms with Crippen molar-refractivity contribution in [2.75, 3.05) is 7.11 Å². The van der Waals surface area contributed by atoms with Gasteiger partial charge in [0.25, 0.3) is 0 Å². The number of carbonyl (C=O) groups is 2. The molecule has 0 spiro atoms. The zero-order chi connectivity index (χ0) is 11.3. The molecule has 4 nitrogen and oxygen atoms in total. The Labute approximate surface area is 86.5 Å². The average Bonchev–Trinajstić information content (AvgIpc) is 2.25. The lowest BCUT2D eigenvalue weighted by Crippen LogP contribution is -1.92. The van der Waals surface area contributed by atoms with Gasteiger partial charge in [-0.25, -0.2) is 4.79 Å². The van der Waals surface area contributed by atoms with Gasteiger partial charge in [-0.15, -0.1) is 0 Å². The number of aliphatic carboxylic acids is 1. The molecule has 1 aromatic rings. The van der Waals surface area contributed by atoms with Crippen molar-refractivity contribution in [2.24, 2.45) is 0 Å². The molecule has 0 radical (unpaired) electrons. The molecule has 15 heavy (non-hydrogen) atoms. The van der Waals surface area contributed by atoms with E-state index in [1.165, 1.54) is 19.2 Å². The van der Waals surface area contributed by atoms with Crippen molar-refractivity contribution in [1.29, 1.82) is 0 Å².